The minimum Gasteiger partial charge on any atom is -0.444 e. The van der Waals surface area contributed by atoms with Crippen LogP contribution in [0.1, 0.15) is 39.0 Å². The quantitative estimate of drug-likeness (QED) is 0.528. The van der Waals surface area contributed by atoms with Crippen molar-refractivity contribution in [1.82, 2.24) is 15.8 Å². The zero-order valence-corrected chi connectivity index (χ0v) is 15.9. The molecule has 2 amide bonds. The molecule has 1 aliphatic rings. The summed E-state index contributed by atoms with van der Waals surface area (Å²) < 4.78 is 32.8. The van der Waals surface area contributed by atoms with E-state index in [1.807, 2.05) is 0 Å². The normalized spacial score (nSPS) is 21.1. The lowest BCUT2D eigenvalue weighted by Crippen LogP contribution is -2.51. The molecule has 0 radical (unpaired) electrons. The van der Waals surface area contributed by atoms with E-state index >= 15 is 0 Å². The summed E-state index contributed by atoms with van der Waals surface area (Å²) in [6, 6.07) is 2.90. The van der Waals surface area contributed by atoms with Crippen molar-refractivity contribution in [1.29, 1.82) is 0 Å². The van der Waals surface area contributed by atoms with Gasteiger partial charge in [0.2, 0.25) is 0 Å². The summed E-state index contributed by atoms with van der Waals surface area (Å²) >= 11 is 5.65. The molecule has 1 heterocycles. The molecule has 1 aromatic rings. The smallest absolute Gasteiger partial charge is 0.411 e. The van der Waals surface area contributed by atoms with Gasteiger partial charge in [-0.05, 0) is 26.8 Å². The molecule has 27 heavy (non-hydrogen) atoms. The topological polar surface area (TPSA) is 90.9 Å². The molecule has 0 bridgehead atoms. The number of amides is 2. The number of halogens is 3. The average molecular weight is 406 g/mol. The molecule has 0 saturated carbocycles. The fourth-order valence-corrected chi connectivity index (χ4v) is 2.77. The Morgan fingerprint density at radius 1 is 1.41 bits per heavy atom. The van der Waals surface area contributed by atoms with E-state index in [9.17, 15) is 23.5 Å². The number of alkyl halides is 1. The number of aliphatic hydroxyl groups excluding tert-OH is 1. The van der Waals surface area contributed by atoms with Gasteiger partial charge in [-0.3, -0.25) is 15.1 Å². The second-order valence-corrected chi connectivity index (χ2v) is 7.57. The Kier molecular flexibility index (Phi) is 6.61. The Morgan fingerprint density at radius 2 is 2.07 bits per heavy atom. The van der Waals surface area contributed by atoms with E-state index in [4.69, 9.17) is 16.3 Å². The van der Waals surface area contributed by atoms with Crippen LogP contribution in [0.4, 0.5) is 13.6 Å². The second kappa shape index (κ2) is 8.37. The van der Waals surface area contributed by atoms with Gasteiger partial charge in [0.25, 0.3) is 5.91 Å². The van der Waals surface area contributed by atoms with Crippen molar-refractivity contribution in [3.05, 3.63) is 34.6 Å². The van der Waals surface area contributed by atoms with Crippen molar-refractivity contribution in [2.24, 2.45) is 0 Å². The summed E-state index contributed by atoms with van der Waals surface area (Å²) in [5.74, 6) is -1.60. The van der Waals surface area contributed by atoms with Gasteiger partial charge in [0.15, 0.2) is 0 Å². The highest BCUT2D eigenvalue weighted by molar-refractivity contribution is 6.30. The van der Waals surface area contributed by atoms with E-state index in [1.54, 1.807) is 20.8 Å². The van der Waals surface area contributed by atoms with Crippen LogP contribution in [0.15, 0.2) is 18.2 Å². The molecule has 150 valence electrons. The summed E-state index contributed by atoms with van der Waals surface area (Å²) in [7, 11) is 0. The molecule has 0 aromatic heterocycles. The summed E-state index contributed by atoms with van der Waals surface area (Å²) in [4.78, 5) is 25.5. The van der Waals surface area contributed by atoms with Crippen LogP contribution in [0.3, 0.4) is 0 Å². The van der Waals surface area contributed by atoms with Gasteiger partial charge >= 0.3 is 6.09 Å². The number of carbonyl (C=O) groups is 2. The van der Waals surface area contributed by atoms with E-state index in [-0.39, 0.29) is 23.6 Å². The monoisotopic (exact) mass is 405 g/mol. The summed E-state index contributed by atoms with van der Waals surface area (Å²) in [6.45, 7) is 4.68. The number of hydrogen-bond donors (Lipinski definition) is 3. The third kappa shape index (κ3) is 5.50. The molecule has 2 rings (SSSR count). The molecule has 1 aliphatic heterocycles. The van der Waals surface area contributed by atoms with E-state index in [1.165, 1.54) is 18.2 Å². The Morgan fingerprint density at radius 3 is 2.70 bits per heavy atom. The SMILES string of the molecule is CC(C)(C)OC(=O)N1C[C@H](F)C[C@H]1C(=O)NNC(O)c1cccc(Cl)c1F. The van der Waals surface area contributed by atoms with Crippen molar-refractivity contribution in [3.63, 3.8) is 0 Å². The Bertz CT molecular complexity index is 714. The number of ether oxygens (including phenoxy) is 1. The van der Waals surface area contributed by atoms with Gasteiger partial charge in [-0.1, -0.05) is 23.7 Å². The third-order valence-corrected chi connectivity index (χ3v) is 4.08. The number of rotatable bonds is 4. The lowest BCUT2D eigenvalue weighted by molar-refractivity contribution is -0.127. The third-order valence-electron chi connectivity index (χ3n) is 3.79. The molecule has 3 N–H and O–H groups in total. The second-order valence-electron chi connectivity index (χ2n) is 7.16. The molecule has 1 unspecified atom stereocenters. The van der Waals surface area contributed by atoms with Crippen molar-refractivity contribution < 1.29 is 28.2 Å². The van der Waals surface area contributed by atoms with Crippen LogP contribution in [0.2, 0.25) is 5.02 Å². The molecule has 0 spiro atoms. The van der Waals surface area contributed by atoms with Crippen LogP contribution in [-0.2, 0) is 9.53 Å². The standard InChI is InChI=1S/C17H22ClF2N3O4/c1-17(2,3)27-16(26)23-8-9(19)7-12(23)15(25)22-21-14(24)10-5-4-6-11(18)13(10)20/h4-6,9,12,14,21,24H,7-8H2,1-3H3,(H,22,25)/t9-,12+,14?/m1/s1. The summed E-state index contributed by atoms with van der Waals surface area (Å²) in [5, 5.41) is 9.81. The summed E-state index contributed by atoms with van der Waals surface area (Å²) in [6.07, 6.45) is -4.01. The van der Waals surface area contributed by atoms with Crippen LogP contribution in [0, 0.1) is 5.82 Å². The van der Waals surface area contributed by atoms with Crippen molar-refractivity contribution in [2.75, 3.05) is 6.54 Å². The molecular weight excluding hydrogens is 384 g/mol. The Hall–Kier alpha value is -1.97. The highest BCUT2D eigenvalue weighted by atomic mass is 35.5. The minimum atomic E-state index is -1.59. The first-order valence-electron chi connectivity index (χ1n) is 8.30. The van der Waals surface area contributed by atoms with Gasteiger partial charge < -0.3 is 9.84 Å². The van der Waals surface area contributed by atoms with Crippen LogP contribution >= 0.6 is 11.6 Å². The van der Waals surface area contributed by atoms with Crippen LogP contribution in [0.5, 0.6) is 0 Å². The number of carbonyl (C=O) groups excluding carboxylic acids is 2. The van der Waals surface area contributed by atoms with E-state index in [2.05, 4.69) is 10.9 Å². The van der Waals surface area contributed by atoms with Crippen molar-refractivity contribution in [3.8, 4) is 0 Å². The Labute approximate surface area is 160 Å². The first kappa shape index (κ1) is 21.3. The van der Waals surface area contributed by atoms with Gasteiger partial charge in [-0.2, -0.15) is 0 Å². The number of hydrazine groups is 1. The molecule has 10 heteroatoms. The molecule has 7 nitrogen and oxygen atoms in total. The van der Waals surface area contributed by atoms with Gasteiger partial charge in [0.05, 0.1) is 11.6 Å². The van der Waals surface area contributed by atoms with Crippen molar-refractivity contribution in [2.45, 2.75) is 51.2 Å². The van der Waals surface area contributed by atoms with Crippen molar-refractivity contribution >= 4 is 23.6 Å². The van der Waals surface area contributed by atoms with E-state index in [0.717, 1.165) is 4.90 Å². The van der Waals surface area contributed by atoms with Gasteiger partial charge in [-0.25, -0.2) is 19.0 Å². The minimum absolute atomic E-state index is 0.179. The van der Waals surface area contributed by atoms with Gasteiger partial charge in [0.1, 0.15) is 29.9 Å². The first-order valence-corrected chi connectivity index (χ1v) is 8.68. The maximum atomic E-state index is 13.9. The maximum Gasteiger partial charge on any atom is 0.411 e. The van der Waals surface area contributed by atoms with Crippen LogP contribution in [0.25, 0.3) is 0 Å². The van der Waals surface area contributed by atoms with E-state index < -0.39 is 41.9 Å². The highest BCUT2D eigenvalue weighted by Gasteiger charge is 2.41. The zero-order chi connectivity index (χ0) is 20.4. The maximum absolute atomic E-state index is 13.9. The molecule has 0 aliphatic carbocycles. The number of benzene rings is 1. The zero-order valence-electron chi connectivity index (χ0n) is 15.1. The fraction of sp³-hybridized carbons (Fsp3) is 0.529. The first-order chi connectivity index (χ1) is 12.5. The van der Waals surface area contributed by atoms with Crippen LogP contribution in [-0.4, -0.2) is 46.4 Å². The number of hydrogen-bond acceptors (Lipinski definition) is 5. The van der Waals surface area contributed by atoms with Gasteiger partial charge in [-0.15, -0.1) is 0 Å². The molecule has 1 aromatic carbocycles. The number of aliphatic hydroxyl groups is 1. The molecule has 1 fully saturated rings. The Balaban J connectivity index is 2.01. The molecular formula is C17H22ClF2N3O4. The molecule has 1 saturated heterocycles. The predicted molar refractivity (Wildman–Crippen MR) is 93.9 cm³/mol. The summed E-state index contributed by atoms with van der Waals surface area (Å²) in [5.41, 5.74) is 3.42. The van der Waals surface area contributed by atoms with E-state index in [0.29, 0.717) is 0 Å². The average Bonchev–Trinajstić information content (AvgIpc) is 2.95. The number of likely N-dealkylation sites (tertiary alicyclic amines) is 1. The molecule has 3 atom stereocenters. The number of nitrogens with zero attached hydrogens (tertiary/aromatic N) is 1. The van der Waals surface area contributed by atoms with Gasteiger partial charge in [0, 0.05) is 12.0 Å². The van der Waals surface area contributed by atoms with Crippen LogP contribution < -0.4 is 10.9 Å². The predicted octanol–water partition coefficient (Wildman–Crippen LogP) is 2.44. The largest absolute Gasteiger partial charge is 0.444 e. The fourth-order valence-electron chi connectivity index (χ4n) is 2.59. The lowest BCUT2D eigenvalue weighted by atomic mass is 10.2. The number of nitrogens with one attached hydrogen (secondary N) is 2. The lowest BCUT2D eigenvalue weighted by Gasteiger charge is -2.28. The highest BCUT2D eigenvalue weighted by Crippen LogP contribution is 2.24.